The van der Waals surface area contributed by atoms with Crippen molar-refractivity contribution in [2.45, 2.75) is 77.4 Å². The summed E-state index contributed by atoms with van der Waals surface area (Å²) in [5, 5.41) is 0. The molecule has 0 N–H and O–H groups in total. The summed E-state index contributed by atoms with van der Waals surface area (Å²) in [5.74, 6) is 3.78. The molecule has 5 rings (SSSR count). The van der Waals surface area contributed by atoms with E-state index in [1.807, 2.05) is 0 Å². The molecule has 1 saturated heterocycles. The molecular weight excluding hydrogens is 260 g/mol. The van der Waals surface area contributed by atoms with Gasteiger partial charge in [-0.3, -0.25) is 4.79 Å². The van der Waals surface area contributed by atoms with Crippen LogP contribution in [0.5, 0.6) is 0 Å². The van der Waals surface area contributed by atoms with Crippen molar-refractivity contribution in [3.63, 3.8) is 0 Å². The van der Waals surface area contributed by atoms with Gasteiger partial charge in [-0.05, 0) is 68.6 Å². The smallest absolute Gasteiger partial charge is 0.139 e. The second-order valence-corrected chi connectivity index (χ2v) is 9.11. The van der Waals surface area contributed by atoms with Gasteiger partial charge in [0.25, 0.3) is 0 Å². The van der Waals surface area contributed by atoms with Crippen molar-refractivity contribution in [2.24, 2.45) is 34.5 Å². The lowest BCUT2D eigenvalue weighted by Gasteiger charge is -2.58. The molecule has 0 unspecified atom stereocenters. The summed E-state index contributed by atoms with van der Waals surface area (Å²) in [7, 11) is 0. The molecule has 1 heterocycles. The molecular formula is C19H28O2. The van der Waals surface area contributed by atoms with E-state index in [-0.39, 0.29) is 5.41 Å². The zero-order chi connectivity index (χ0) is 14.4. The van der Waals surface area contributed by atoms with Crippen LogP contribution in [0, 0.1) is 34.5 Å². The van der Waals surface area contributed by atoms with Crippen molar-refractivity contribution in [1.82, 2.24) is 0 Å². The molecule has 116 valence electrons. The Labute approximate surface area is 128 Å². The van der Waals surface area contributed by atoms with Crippen LogP contribution >= 0.6 is 0 Å². The Balaban J connectivity index is 1.52. The summed E-state index contributed by atoms with van der Waals surface area (Å²) in [6.45, 7) is 4.84. The third-order valence-corrected chi connectivity index (χ3v) is 8.67. The SMILES string of the molecule is C[C@]12[C@@H](CC[C@@H]3[C@@H]1CC[C@]1(C)C(=O)CC[C@@H]31)CC[C@H]1O[C@H]12. The summed E-state index contributed by atoms with van der Waals surface area (Å²) in [6.07, 6.45) is 11.1. The lowest BCUT2D eigenvalue weighted by Crippen LogP contribution is -2.55. The van der Waals surface area contributed by atoms with Gasteiger partial charge in [0, 0.05) is 17.3 Å². The first-order valence-electron chi connectivity index (χ1n) is 9.24. The number of epoxide rings is 1. The van der Waals surface area contributed by atoms with Crippen LogP contribution in [-0.2, 0) is 9.53 Å². The van der Waals surface area contributed by atoms with Gasteiger partial charge < -0.3 is 4.74 Å². The normalized spacial score (nSPS) is 61.5. The standard InChI is InChI=1S/C19H28O2/c1-18-10-9-14-12(13(18)6-8-16(18)20)5-3-11-4-7-15-17(21-15)19(11,14)2/h11-15,17H,3-10H2,1-2H3/t11-,12-,13-,14-,15+,17+,18-,19-/m0/s1. The number of ketones is 1. The van der Waals surface area contributed by atoms with E-state index in [0.717, 1.165) is 30.6 Å². The number of carbonyl (C=O) groups excluding carboxylic acids is 1. The molecule has 4 aliphatic carbocycles. The summed E-state index contributed by atoms with van der Waals surface area (Å²) in [4.78, 5) is 12.4. The maximum atomic E-state index is 12.4. The molecule has 5 fully saturated rings. The summed E-state index contributed by atoms with van der Waals surface area (Å²) in [6, 6.07) is 0. The van der Waals surface area contributed by atoms with Crippen molar-refractivity contribution in [1.29, 1.82) is 0 Å². The van der Waals surface area contributed by atoms with Crippen LogP contribution in [0.4, 0.5) is 0 Å². The van der Waals surface area contributed by atoms with E-state index in [2.05, 4.69) is 13.8 Å². The van der Waals surface area contributed by atoms with Gasteiger partial charge in [0.1, 0.15) is 5.78 Å². The van der Waals surface area contributed by atoms with Gasteiger partial charge >= 0.3 is 0 Å². The van der Waals surface area contributed by atoms with Crippen LogP contribution in [-0.4, -0.2) is 18.0 Å². The number of fused-ring (bicyclic) bond motifs is 7. The highest BCUT2D eigenvalue weighted by Gasteiger charge is 2.67. The Morgan fingerprint density at radius 1 is 1.00 bits per heavy atom. The highest BCUT2D eigenvalue weighted by Crippen LogP contribution is 2.68. The van der Waals surface area contributed by atoms with Crippen LogP contribution in [0.25, 0.3) is 0 Å². The minimum Gasteiger partial charge on any atom is -0.369 e. The first-order valence-corrected chi connectivity index (χ1v) is 9.24. The molecule has 2 nitrogen and oxygen atoms in total. The quantitative estimate of drug-likeness (QED) is 0.631. The van der Waals surface area contributed by atoms with Crippen LogP contribution in [0.3, 0.4) is 0 Å². The van der Waals surface area contributed by atoms with E-state index < -0.39 is 0 Å². The summed E-state index contributed by atoms with van der Waals surface area (Å²) < 4.78 is 6.09. The van der Waals surface area contributed by atoms with E-state index in [0.29, 0.717) is 29.3 Å². The Morgan fingerprint density at radius 2 is 1.81 bits per heavy atom. The molecule has 0 amide bonds. The number of ether oxygens (including phenoxy) is 1. The second-order valence-electron chi connectivity index (χ2n) is 9.11. The predicted octanol–water partition coefficient (Wildman–Crippen LogP) is 3.98. The van der Waals surface area contributed by atoms with Crippen LogP contribution < -0.4 is 0 Å². The van der Waals surface area contributed by atoms with E-state index in [4.69, 9.17) is 4.74 Å². The van der Waals surface area contributed by atoms with Gasteiger partial charge in [-0.25, -0.2) is 0 Å². The zero-order valence-electron chi connectivity index (χ0n) is 13.4. The minimum atomic E-state index is 0.0306. The molecule has 0 aromatic carbocycles. The Kier molecular flexibility index (Phi) is 2.45. The maximum Gasteiger partial charge on any atom is 0.139 e. The monoisotopic (exact) mass is 288 g/mol. The summed E-state index contributed by atoms with van der Waals surface area (Å²) in [5.41, 5.74) is 0.460. The highest BCUT2D eigenvalue weighted by atomic mass is 16.6. The topological polar surface area (TPSA) is 29.6 Å². The van der Waals surface area contributed by atoms with Crippen molar-refractivity contribution in [2.75, 3.05) is 0 Å². The molecule has 1 aliphatic heterocycles. The van der Waals surface area contributed by atoms with Gasteiger partial charge in [0.2, 0.25) is 0 Å². The van der Waals surface area contributed by atoms with Gasteiger partial charge in [0.15, 0.2) is 0 Å². The molecule has 0 aromatic rings. The predicted molar refractivity (Wildman–Crippen MR) is 80.8 cm³/mol. The molecule has 4 saturated carbocycles. The highest BCUT2D eigenvalue weighted by molar-refractivity contribution is 5.87. The molecule has 5 aliphatic rings. The minimum absolute atomic E-state index is 0.0306. The number of hydrogen-bond acceptors (Lipinski definition) is 2. The van der Waals surface area contributed by atoms with Crippen molar-refractivity contribution in [3.8, 4) is 0 Å². The molecule has 21 heavy (non-hydrogen) atoms. The number of Topliss-reactive ketones (excluding diaryl/α,β-unsaturated/α-hetero) is 1. The van der Waals surface area contributed by atoms with Gasteiger partial charge in [-0.15, -0.1) is 0 Å². The van der Waals surface area contributed by atoms with E-state index in [9.17, 15) is 4.79 Å². The Bertz CT molecular complexity index is 500. The fourth-order valence-electron chi connectivity index (χ4n) is 7.41. The Hall–Kier alpha value is -0.370. The molecule has 0 spiro atoms. The third kappa shape index (κ3) is 1.46. The van der Waals surface area contributed by atoms with Crippen molar-refractivity contribution >= 4 is 5.78 Å². The van der Waals surface area contributed by atoms with E-state index >= 15 is 0 Å². The zero-order valence-corrected chi connectivity index (χ0v) is 13.4. The second kappa shape index (κ2) is 3.93. The average molecular weight is 288 g/mol. The van der Waals surface area contributed by atoms with Crippen LogP contribution in [0.2, 0.25) is 0 Å². The fourth-order valence-corrected chi connectivity index (χ4v) is 7.41. The lowest BCUT2D eigenvalue weighted by molar-refractivity contribution is -0.138. The van der Waals surface area contributed by atoms with Crippen molar-refractivity contribution in [3.05, 3.63) is 0 Å². The van der Waals surface area contributed by atoms with E-state index in [1.54, 1.807) is 0 Å². The van der Waals surface area contributed by atoms with Crippen LogP contribution in [0.15, 0.2) is 0 Å². The molecule has 0 bridgehead atoms. The van der Waals surface area contributed by atoms with Gasteiger partial charge in [-0.1, -0.05) is 13.8 Å². The molecule has 0 aromatic heterocycles. The first kappa shape index (κ1) is 13.1. The number of carbonyl (C=O) groups is 1. The largest absolute Gasteiger partial charge is 0.369 e. The third-order valence-electron chi connectivity index (χ3n) is 8.67. The van der Waals surface area contributed by atoms with Gasteiger partial charge in [-0.2, -0.15) is 0 Å². The maximum absolute atomic E-state index is 12.4. The lowest BCUT2D eigenvalue weighted by atomic mass is 9.45. The number of rotatable bonds is 0. The molecule has 8 atom stereocenters. The number of hydrogen-bond donors (Lipinski definition) is 0. The van der Waals surface area contributed by atoms with Crippen LogP contribution in [0.1, 0.15) is 65.2 Å². The molecule has 0 radical (unpaired) electrons. The Morgan fingerprint density at radius 3 is 2.67 bits per heavy atom. The first-order chi connectivity index (χ1) is 10.0. The average Bonchev–Trinajstić information content (AvgIpc) is 3.20. The van der Waals surface area contributed by atoms with E-state index in [1.165, 1.54) is 38.5 Å². The summed E-state index contributed by atoms with van der Waals surface area (Å²) >= 11 is 0. The van der Waals surface area contributed by atoms with Crippen molar-refractivity contribution < 1.29 is 9.53 Å². The fraction of sp³-hybridized carbons (Fsp3) is 0.947. The molecule has 2 heteroatoms. The van der Waals surface area contributed by atoms with Gasteiger partial charge in [0.05, 0.1) is 12.2 Å².